The molecule has 2 aliphatic heterocycles. The molecule has 0 amide bonds. The second kappa shape index (κ2) is 11.2. The Morgan fingerprint density at radius 3 is 2.82 bits per heavy atom. The summed E-state index contributed by atoms with van der Waals surface area (Å²) < 4.78 is 41.4. The van der Waals surface area contributed by atoms with E-state index in [4.69, 9.17) is 9.47 Å². The fraction of sp³-hybridized carbons (Fsp3) is 0.458. The summed E-state index contributed by atoms with van der Waals surface area (Å²) in [5.41, 5.74) is 5.79. The molecule has 0 saturated carbocycles. The maximum absolute atomic E-state index is 15.3. The van der Waals surface area contributed by atoms with Crippen LogP contribution < -0.4 is 15.1 Å². The molecular weight excluding hydrogens is 428 g/mol. The maximum Gasteiger partial charge on any atom is 0.212 e. The summed E-state index contributed by atoms with van der Waals surface area (Å²) in [4.78, 5) is 10.2. The fourth-order valence-electron chi connectivity index (χ4n) is 3.87. The molecule has 3 aliphatic rings. The molecule has 0 bridgehead atoms. The predicted molar refractivity (Wildman–Crippen MR) is 126 cm³/mol. The summed E-state index contributed by atoms with van der Waals surface area (Å²) in [6.07, 6.45) is 13.6. The second-order valence-electron chi connectivity index (χ2n) is 8.13. The Morgan fingerprint density at radius 2 is 2.06 bits per heavy atom. The summed E-state index contributed by atoms with van der Waals surface area (Å²) in [5, 5.41) is 4.15. The van der Waals surface area contributed by atoms with Crippen LogP contribution in [0.2, 0.25) is 0 Å². The summed E-state index contributed by atoms with van der Waals surface area (Å²) in [6.45, 7) is 3.95. The molecule has 1 N–H and O–H groups in total. The first-order valence-electron chi connectivity index (χ1n) is 11.3. The van der Waals surface area contributed by atoms with Crippen LogP contribution in [0.5, 0.6) is 5.75 Å². The van der Waals surface area contributed by atoms with Crippen LogP contribution in [0, 0.1) is 11.6 Å². The number of halogens is 2. The molecule has 1 fully saturated rings. The summed E-state index contributed by atoms with van der Waals surface area (Å²) >= 11 is 0. The Labute approximate surface area is 192 Å². The van der Waals surface area contributed by atoms with Crippen LogP contribution in [0.25, 0.3) is 0 Å². The van der Waals surface area contributed by atoms with Gasteiger partial charge < -0.3 is 14.4 Å². The van der Waals surface area contributed by atoms with Crippen LogP contribution in [0.1, 0.15) is 39.0 Å². The number of hydrazone groups is 1. The third-order valence-corrected chi connectivity index (χ3v) is 5.64. The van der Waals surface area contributed by atoms with Crippen LogP contribution in [0.3, 0.4) is 0 Å². The third-order valence-electron chi connectivity index (χ3n) is 5.64. The van der Waals surface area contributed by atoms with E-state index in [0.29, 0.717) is 32.7 Å². The van der Waals surface area contributed by atoms with Gasteiger partial charge in [0.05, 0.1) is 26.0 Å². The van der Waals surface area contributed by atoms with E-state index in [1.54, 1.807) is 17.3 Å². The molecule has 4 rings (SSSR count). The molecule has 0 aromatic carbocycles. The molecule has 33 heavy (non-hydrogen) atoms. The van der Waals surface area contributed by atoms with Crippen molar-refractivity contribution in [3.8, 4) is 5.75 Å². The van der Waals surface area contributed by atoms with Gasteiger partial charge in [-0.1, -0.05) is 23.8 Å². The molecule has 0 atom stereocenters. The normalized spacial score (nSPS) is 18.8. The largest absolute Gasteiger partial charge is 0.487 e. The van der Waals surface area contributed by atoms with Crippen LogP contribution in [0.15, 0.2) is 45.7 Å². The number of ether oxygens (including phenoxy) is 2. The Morgan fingerprint density at radius 1 is 1.21 bits per heavy atom. The van der Waals surface area contributed by atoms with Gasteiger partial charge in [0.15, 0.2) is 17.4 Å². The number of rotatable bonds is 8. The van der Waals surface area contributed by atoms with Gasteiger partial charge in [-0.15, -0.1) is 0 Å². The average Bonchev–Trinajstić information content (AvgIpc) is 2.84. The van der Waals surface area contributed by atoms with Crippen LogP contribution >= 0.6 is 0 Å². The van der Waals surface area contributed by atoms with Crippen LogP contribution in [-0.2, 0) is 4.74 Å². The summed E-state index contributed by atoms with van der Waals surface area (Å²) in [5.74, 6) is -2.32. The Hall–Kier alpha value is -3.07. The van der Waals surface area contributed by atoms with Gasteiger partial charge in [-0.25, -0.2) is 4.98 Å². The number of morpholine rings is 1. The van der Waals surface area contributed by atoms with Gasteiger partial charge in [0.25, 0.3) is 0 Å². The number of hydrogen-bond acceptors (Lipinski definition) is 7. The number of nitrogens with zero attached hydrogens (tertiary/aromatic N) is 4. The quantitative estimate of drug-likeness (QED) is 0.449. The number of nitrogens with one attached hydrogen (secondary N) is 1. The first-order chi connectivity index (χ1) is 16.1. The third kappa shape index (κ3) is 6.04. The lowest BCUT2D eigenvalue weighted by Crippen LogP contribution is -2.37. The van der Waals surface area contributed by atoms with E-state index in [1.165, 1.54) is 0 Å². The van der Waals surface area contributed by atoms with E-state index in [-0.39, 0.29) is 18.2 Å². The number of allylic oxidation sites excluding steroid dienone is 5. The van der Waals surface area contributed by atoms with Gasteiger partial charge in [-0.05, 0) is 38.2 Å². The van der Waals surface area contributed by atoms with Crippen molar-refractivity contribution in [3.05, 3.63) is 47.2 Å². The van der Waals surface area contributed by atoms with Gasteiger partial charge in [-0.3, -0.25) is 10.4 Å². The van der Waals surface area contributed by atoms with E-state index in [2.05, 4.69) is 26.6 Å². The molecule has 1 aliphatic carbocycles. The molecule has 176 valence electrons. The van der Waals surface area contributed by atoms with E-state index < -0.39 is 17.4 Å². The molecule has 0 unspecified atom stereocenters. The van der Waals surface area contributed by atoms with Crippen molar-refractivity contribution in [3.63, 3.8) is 0 Å². The van der Waals surface area contributed by atoms with Gasteiger partial charge in [0.2, 0.25) is 11.6 Å². The van der Waals surface area contributed by atoms with Crippen molar-refractivity contribution in [2.24, 2.45) is 10.1 Å². The lowest BCUT2D eigenvalue weighted by molar-refractivity contribution is 0.122. The van der Waals surface area contributed by atoms with Crippen LogP contribution in [0.4, 0.5) is 20.4 Å². The first-order valence-corrected chi connectivity index (χ1v) is 11.3. The molecule has 0 radical (unpaired) electrons. The Kier molecular flexibility index (Phi) is 7.83. The molecule has 0 spiro atoms. The minimum Gasteiger partial charge on any atom is -0.487 e. The molecule has 7 nitrogen and oxygen atoms in total. The van der Waals surface area contributed by atoms with Crippen molar-refractivity contribution >= 4 is 23.6 Å². The standard InChI is InChI=1S/C24H29F2N5O2/c1-17-5-4-6-18(15-17)16-28-30-23-20(25)22(33-12-8-19-7-2-3-9-27-19)21(26)24(29-23)31-10-13-32-14-11-31/h3,5,9,15-16H,2,4,6-8,10-14H2,1H3,(H,29,30)/b28-16+. The average molecular weight is 458 g/mol. The smallest absolute Gasteiger partial charge is 0.212 e. The molecular formula is C24H29F2N5O2. The monoisotopic (exact) mass is 457 g/mol. The molecule has 1 aromatic rings. The van der Waals surface area contributed by atoms with E-state index >= 15 is 8.78 Å². The number of anilines is 2. The number of hydrogen-bond donors (Lipinski definition) is 1. The van der Waals surface area contributed by atoms with E-state index in [9.17, 15) is 0 Å². The molecule has 1 saturated heterocycles. The zero-order valence-electron chi connectivity index (χ0n) is 18.8. The van der Waals surface area contributed by atoms with Gasteiger partial charge >= 0.3 is 0 Å². The Balaban J connectivity index is 1.54. The van der Waals surface area contributed by atoms with Crippen molar-refractivity contribution in [2.45, 2.75) is 39.0 Å². The van der Waals surface area contributed by atoms with E-state index in [0.717, 1.165) is 42.5 Å². The second-order valence-corrected chi connectivity index (χ2v) is 8.13. The first kappa shape index (κ1) is 23.1. The highest BCUT2D eigenvalue weighted by molar-refractivity contribution is 5.85. The van der Waals surface area contributed by atoms with Crippen molar-refractivity contribution in [1.82, 2.24) is 4.98 Å². The zero-order chi connectivity index (χ0) is 23.0. The lowest BCUT2D eigenvalue weighted by Gasteiger charge is -2.29. The number of pyridine rings is 1. The SMILES string of the molecule is CC1=CCCC(/C=N/Nc2nc(N3CCOCC3)c(F)c(OCCC3=NC=CCC3)c2F)=C1. The topological polar surface area (TPSA) is 71.3 Å². The van der Waals surface area contributed by atoms with E-state index in [1.807, 2.05) is 19.1 Å². The lowest BCUT2D eigenvalue weighted by atomic mass is 10.0. The van der Waals surface area contributed by atoms with Gasteiger partial charge in [0.1, 0.15) is 0 Å². The minimum atomic E-state index is -0.902. The summed E-state index contributed by atoms with van der Waals surface area (Å²) in [7, 11) is 0. The number of aromatic nitrogens is 1. The zero-order valence-corrected chi connectivity index (χ0v) is 18.8. The number of aliphatic imine (C=N–C) groups is 1. The predicted octanol–water partition coefficient (Wildman–Crippen LogP) is 4.78. The summed E-state index contributed by atoms with van der Waals surface area (Å²) in [6, 6.07) is 0. The Bertz CT molecular complexity index is 1010. The van der Waals surface area contributed by atoms with Gasteiger partial charge in [0, 0.05) is 31.4 Å². The van der Waals surface area contributed by atoms with Gasteiger partial charge in [-0.2, -0.15) is 13.9 Å². The fourth-order valence-corrected chi connectivity index (χ4v) is 3.87. The molecule has 3 heterocycles. The highest BCUT2D eigenvalue weighted by Crippen LogP contribution is 2.33. The van der Waals surface area contributed by atoms with Crippen molar-refractivity contribution in [2.75, 3.05) is 43.2 Å². The van der Waals surface area contributed by atoms with Crippen molar-refractivity contribution < 1.29 is 18.3 Å². The van der Waals surface area contributed by atoms with Crippen LogP contribution in [-0.4, -0.2) is 49.8 Å². The minimum absolute atomic E-state index is 0.0287. The van der Waals surface area contributed by atoms with Crippen molar-refractivity contribution in [1.29, 1.82) is 0 Å². The molecule has 9 heteroatoms. The molecule has 1 aromatic heterocycles. The highest BCUT2D eigenvalue weighted by Gasteiger charge is 2.26. The highest BCUT2D eigenvalue weighted by atomic mass is 19.1. The maximum atomic E-state index is 15.3.